The van der Waals surface area contributed by atoms with E-state index in [0.29, 0.717) is 65.9 Å². The van der Waals surface area contributed by atoms with E-state index in [2.05, 4.69) is 27.6 Å². The Balaban J connectivity index is 0.796. The molecule has 2 saturated carbocycles. The number of halogens is 4. The van der Waals surface area contributed by atoms with Crippen molar-refractivity contribution >= 4 is 57.6 Å². The Kier molecular flexibility index (Phi) is 12.5. The number of carbonyl (C=O) groups excluding carboxylic acids is 4. The number of piperidine rings is 1. The zero-order valence-corrected chi connectivity index (χ0v) is 36.1. The van der Waals surface area contributed by atoms with Gasteiger partial charge in [0.25, 0.3) is 11.8 Å². The smallest absolute Gasteiger partial charge is 0.433 e. The fourth-order valence-corrected chi connectivity index (χ4v) is 10.2. The van der Waals surface area contributed by atoms with E-state index in [9.17, 15) is 37.5 Å². The summed E-state index contributed by atoms with van der Waals surface area (Å²) in [7, 11) is 3.52. The van der Waals surface area contributed by atoms with Crippen LogP contribution in [0.25, 0.3) is 10.9 Å². The molecule has 0 unspecified atom stereocenters. The van der Waals surface area contributed by atoms with Crippen LogP contribution in [-0.2, 0) is 11.0 Å². The van der Waals surface area contributed by atoms with Gasteiger partial charge < -0.3 is 25.0 Å². The largest absolute Gasteiger partial charge is 0.494 e. The fraction of sp³-hybridized carbons (Fsp3) is 0.511. The SMILES string of the molecule is COc1cc2nn(C3CCC(O)(CN(C)CC4CCC5(CC4)CCN(C(=O)c4ccc(Cl)c(N6CCC(=O)NC6=O)c4)CC5)CC3)cc2cc1NC(=O)c1cccc(C(F)(F)F)n1. The molecule has 8 rings (SSSR count). The molecule has 4 heterocycles. The van der Waals surface area contributed by atoms with Gasteiger partial charge in [-0.05, 0) is 119 Å². The van der Waals surface area contributed by atoms with E-state index in [4.69, 9.17) is 21.4 Å². The Morgan fingerprint density at radius 1 is 1.00 bits per heavy atom. The summed E-state index contributed by atoms with van der Waals surface area (Å²) < 4.78 is 47.0. The highest BCUT2D eigenvalue weighted by atomic mass is 35.5. The van der Waals surface area contributed by atoms with Crippen molar-refractivity contribution in [3.05, 3.63) is 76.7 Å². The number of rotatable bonds is 10. The average Bonchev–Trinajstić information content (AvgIpc) is 3.67. The van der Waals surface area contributed by atoms with Gasteiger partial charge in [0.2, 0.25) is 5.91 Å². The van der Waals surface area contributed by atoms with Crippen molar-refractivity contribution in [1.29, 1.82) is 0 Å². The maximum atomic E-state index is 13.6. The third kappa shape index (κ3) is 9.80. The van der Waals surface area contributed by atoms with E-state index in [-0.39, 0.29) is 47.6 Å². The van der Waals surface area contributed by atoms with Crippen molar-refractivity contribution < 1.29 is 42.2 Å². The normalized spacial score (nSPS) is 22.1. The van der Waals surface area contributed by atoms with E-state index >= 15 is 0 Å². The van der Waals surface area contributed by atoms with Crippen LogP contribution in [0, 0.1) is 11.3 Å². The molecule has 4 aromatic rings. The molecule has 5 amide bonds. The minimum Gasteiger partial charge on any atom is -0.494 e. The van der Waals surface area contributed by atoms with Crippen LogP contribution in [0.15, 0.2) is 54.7 Å². The van der Waals surface area contributed by atoms with Crippen LogP contribution in [0.4, 0.5) is 29.3 Å². The molecule has 2 aromatic heterocycles. The molecule has 4 fully saturated rings. The molecule has 2 aromatic carbocycles. The number of carbonyl (C=O) groups is 4. The highest BCUT2D eigenvalue weighted by Crippen LogP contribution is 2.47. The first-order valence-electron chi connectivity index (χ1n) is 21.5. The van der Waals surface area contributed by atoms with Gasteiger partial charge >= 0.3 is 12.2 Å². The van der Waals surface area contributed by atoms with Gasteiger partial charge in [0.05, 0.1) is 40.7 Å². The molecule has 2 aliphatic carbocycles. The molecule has 14 nitrogen and oxygen atoms in total. The van der Waals surface area contributed by atoms with Gasteiger partial charge in [0.15, 0.2) is 0 Å². The Morgan fingerprint density at radius 2 is 1.73 bits per heavy atom. The number of pyridine rings is 1. The minimum atomic E-state index is -4.68. The summed E-state index contributed by atoms with van der Waals surface area (Å²) in [4.78, 5) is 59.7. The Labute approximate surface area is 368 Å². The molecular formula is C45H52ClF3N8O6. The Bertz CT molecular complexity index is 2380. The number of imide groups is 1. The number of methoxy groups -OCH3 is 1. The second-order valence-corrected chi connectivity index (χ2v) is 18.3. The third-order valence-electron chi connectivity index (χ3n) is 13.6. The molecule has 0 radical (unpaired) electrons. The molecule has 63 heavy (non-hydrogen) atoms. The molecule has 3 N–H and O–H groups in total. The number of amides is 5. The molecule has 336 valence electrons. The highest BCUT2D eigenvalue weighted by molar-refractivity contribution is 6.34. The quantitative estimate of drug-likeness (QED) is 0.145. The molecular weight excluding hydrogens is 841 g/mol. The number of likely N-dealkylation sites (tertiary alicyclic amines) is 1. The van der Waals surface area contributed by atoms with Gasteiger partial charge in [0.1, 0.15) is 17.1 Å². The summed E-state index contributed by atoms with van der Waals surface area (Å²) >= 11 is 6.42. The predicted molar refractivity (Wildman–Crippen MR) is 230 cm³/mol. The van der Waals surface area contributed by atoms with Crippen LogP contribution in [0.2, 0.25) is 5.02 Å². The van der Waals surface area contributed by atoms with Gasteiger partial charge in [-0.25, -0.2) is 9.78 Å². The van der Waals surface area contributed by atoms with Gasteiger partial charge in [-0.1, -0.05) is 17.7 Å². The second-order valence-electron chi connectivity index (χ2n) is 17.9. The lowest BCUT2D eigenvalue weighted by Crippen LogP contribution is -2.49. The number of aromatic nitrogens is 3. The van der Waals surface area contributed by atoms with Gasteiger partial charge in [-0.15, -0.1) is 0 Å². The van der Waals surface area contributed by atoms with Crippen LogP contribution >= 0.6 is 11.6 Å². The second kappa shape index (κ2) is 17.7. The zero-order valence-electron chi connectivity index (χ0n) is 35.3. The number of fused-ring (bicyclic) bond motifs is 1. The number of ether oxygens (including phenoxy) is 1. The Morgan fingerprint density at radius 3 is 2.41 bits per heavy atom. The minimum absolute atomic E-state index is 0.0528. The first-order valence-corrected chi connectivity index (χ1v) is 21.9. The number of urea groups is 1. The predicted octanol–water partition coefficient (Wildman–Crippen LogP) is 7.70. The average molecular weight is 893 g/mol. The molecule has 1 spiro atoms. The van der Waals surface area contributed by atoms with Crippen LogP contribution in [-0.4, -0.2) is 106 Å². The zero-order chi connectivity index (χ0) is 44.7. The first-order chi connectivity index (χ1) is 30.0. The van der Waals surface area contributed by atoms with Crippen molar-refractivity contribution in [2.24, 2.45) is 11.3 Å². The summed E-state index contributed by atoms with van der Waals surface area (Å²) in [6.45, 7) is 3.02. The summed E-state index contributed by atoms with van der Waals surface area (Å²) in [5.74, 6) is -0.399. The summed E-state index contributed by atoms with van der Waals surface area (Å²) in [5.41, 5.74) is -0.350. The maximum Gasteiger partial charge on any atom is 0.433 e. The third-order valence-corrected chi connectivity index (χ3v) is 13.9. The lowest BCUT2D eigenvalue weighted by atomic mass is 9.65. The van der Waals surface area contributed by atoms with Gasteiger partial charge in [0, 0.05) is 62.4 Å². The van der Waals surface area contributed by atoms with E-state index < -0.39 is 29.4 Å². The van der Waals surface area contributed by atoms with Crippen molar-refractivity contribution in [3.8, 4) is 5.75 Å². The molecule has 2 saturated heterocycles. The van der Waals surface area contributed by atoms with Gasteiger partial charge in [-0.2, -0.15) is 18.3 Å². The highest BCUT2D eigenvalue weighted by Gasteiger charge is 2.41. The molecule has 4 aliphatic rings. The van der Waals surface area contributed by atoms with E-state index in [0.717, 1.165) is 75.4 Å². The number of nitrogens with one attached hydrogen (secondary N) is 2. The van der Waals surface area contributed by atoms with Crippen molar-refractivity contribution in [2.45, 2.75) is 88.4 Å². The molecule has 2 aliphatic heterocycles. The number of nitrogens with zero attached hydrogens (tertiary/aromatic N) is 6. The summed E-state index contributed by atoms with van der Waals surface area (Å²) in [6.07, 6.45) is 6.34. The summed E-state index contributed by atoms with van der Waals surface area (Å²) in [5, 5.41) is 22.5. The molecule has 0 atom stereocenters. The standard InChI is InChI=1S/C45H52ClF3N8O6/c1-54(25-28-8-13-43(14-9-28)17-20-55(21-18-43)41(60)29-6-7-32(46)36(23-29)56-19-12-39(58)52-42(56)61)27-44(62)15-10-31(11-16-44)57-26-30-22-35(37(63-2)24-34(30)53-57)51-40(59)33-4-3-5-38(50-33)45(47,48)49/h3-7,22-24,26,28,31,62H,8-21,25,27H2,1-2H3,(H,51,59)(H,52,58,61). The van der Waals surface area contributed by atoms with E-state index in [1.54, 1.807) is 30.3 Å². The number of benzene rings is 2. The number of aliphatic hydroxyl groups is 1. The first kappa shape index (κ1) is 44.4. The molecule has 0 bridgehead atoms. The maximum absolute atomic E-state index is 13.6. The lowest BCUT2D eigenvalue weighted by Gasteiger charge is -2.47. The monoisotopic (exact) mass is 892 g/mol. The Hall–Kier alpha value is -5.26. The fourth-order valence-electron chi connectivity index (χ4n) is 9.99. The van der Waals surface area contributed by atoms with Crippen molar-refractivity contribution in [1.82, 2.24) is 29.9 Å². The van der Waals surface area contributed by atoms with Crippen LogP contribution in [0.1, 0.15) is 103 Å². The number of likely N-dealkylation sites (N-methyl/N-ethyl adjacent to an activating group) is 1. The van der Waals surface area contributed by atoms with Crippen LogP contribution in [0.5, 0.6) is 5.75 Å². The lowest BCUT2D eigenvalue weighted by molar-refractivity contribution is -0.141. The number of hydrogen-bond acceptors (Lipinski definition) is 9. The van der Waals surface area contributed by atoms with E-state index in [1.165, 1.54) is 18.1 Å². The van der Waals surface area contributed by atoms with Crippen molar-refractivity contribution in [3.63, 3.8) is 0 Å². The van der Waals surface area contributed by atoms with Gasteiger partial charge in [-0.3, -0.25) is 29.3 Å². The van der Waals surface area contributed by atoms with Crippen LogP contribution in [0.3, 0.4) is 0 Å². The van der Waals surface area contributed by atoms with Crippen molar-refractivity contribution in [2.75, 3.05) is 57.1 Å². The van der Waals surface area contributed by atoms with E-state index in [1.807, 2.05) is 15.8 Å². The van der Waals surface area contributed by atoms with Crippen LogP contribution < -0.4 is 20.3 Å². The number of hydrogen-bond donors (Lipinski definition) is 3. The molecule has 18 heteroatoms. The topological polar surface area (TPSA) is 162 Å². The number of anilines is 2. The summed E-state index contributed by atoms with van der Waals surface area (Å²) in [6, 6.07) is 11.0. The number of alkyl halides is 3.